The third kappa shape index (κ3) is 4.20. The molecule has 3 heterocycles. The van der Waals surface area contributed by atoms with Crippen molar-refractivity contribution < 1.29 is 24.8 Å². The van der Waals surface area contributed by atoms with Crippen molar-refractivity contribution in [3.05, 3.63) is 109 Å². The van der Waals surface area contributed by atoms with Crippen molar-refractivity contribution in [1.82, 2.24) is 4.98 Å². The first-order chi connectivity index (χ1) is 14.8. The third-order valence-electron chi connectivity index (χ3n) is 5.10. The summed E-state index contributed by atoms with van der Waals surface area (Å²) in [5.74, 6) is 0.849. The number of anilines is 3. The molecule has 0 atom stereocenters. The predicted molar refractivity (Wildman–Crippen MR) is 119 cm³/mol. The molecule has 0 saturated heterocycles. The van der Waals surface area contributed by atoms with Crippen LogP contribution in [0.1, 0.15) is 5.56 Å². The minimum atomic E-state index is 0. The SMILES string of the molecule is CN1[CH-]N(c2[c-]cccc2)c2ccccc21.[Ir+3].[c-]1cccc2c1-c1ncccc1OC2. The van der Waals surface area contributed by atoms with Gasteiger partial charge in [0.15, 0.2) is 0 Å². The van der Waals surface area contributed by atoms with Crippen LogP contribution < -0.4 is 14.5 Å². The molecular weight excluding hydrogens is 563 g/mol. The van der Waals surface area contributed by atoms with Gasteiger partial charge in [-0.2, -0.15) is 37.0 Å². The van der Waals surface area contributed by atoms with Gasteiger partial charge in [0.25, 0.3) is 0 Å². The van der Waals surface area contributed by atoms with Crippen molar-refractivity contribution in [1.29, 1.82) is 0 Å². The van der Waals surface area contributed by atoms with Gasteiger partial charge in [0.05, 0.1) is 6.61 Å². The molecule has 2 aliphatic rings. The van der Waals surface area contributed by atoms with Crippen molar-refractivity contribution in [2.45, 2.75) is 6.61 Å². The van der Waals surface area contributed by atoms with Gasteiger partial charge in [0.1, 0.15) is 5.75 Å². The fraction of sp³-hybridized carbons (Fsp3) is 0.0769. The minimum Gasteiger partial charge on any atom is -0.506 e. The summed E-state index contributed by atoms with van der Waals surface area (Å²) in [5.41, 5.74) is 6.61. The molecule has 0 fully saturated rings. The second-order valence-electron chi connectivity index (χ2n) is 7.04. The van der Waals surface area contributed by atoms with E-state index in [2.05, 4.69) is 71.0 Å². The Morgan fingerprint density at radius 2 is 1.71 bits per heavy atom. The molecule has 0 unspecified atom stereocenters. The predicted octanol–water partition coefficient (Wildman–Crippen LogP) is 5.63. The van der Waals surface area contributed by atoms with Gasteiger partial charge in [-0.1, -0.05) is 17.7 Å². The molecule has 4 aromatic rings. The number of ether oxygens (including phenoxy) is 1. The molecule has 0 aliphatic carbocycles. The van der Waals surface area contributed by atoms with Gasteiger partial charge in [-0.25, -0.2) is 0 Å². The van der Waals surface area contributed by atoms with Crippen molar-refractivity contribution in [3.63, 3.8) is 0 Å². The average molecular weight is 583 g/mol. The molecule has 3 aromatic carbocycles. The summed E-state index contributed by atoms with van der Waals surface area (Å²) < 4.78 is 5.57. The Kier molecular flexibility index (Phi) is 6.36. The van der Waals surface area contributed by atoms with Crippen molar-refractivity contribution in [2.24, 2.45) is 0 Å². The molecular formula is C26H20IrN3O. The molecule has 31 heavy (non-hydrogen) atoms. The molecule has 0 radical (unpaired) electrons. The molecule has 5 heteroatoms. The second-order valence-corrected chi connectivity index (χ2v) is 7.04. The summed E-state index contributed by atoms with van der Waals surface area (Å²) in [4.78, 5) is 8.57. The number of hydrogen-bond donors (Lipinski definition) is 0. The second kappa shape index (κ2) is 9.34. The van der Waals surface area contributed by atoms with Crippen LogP contribution in [0.2, 0.25) is 0 Å². The van der Waals surface area contributed by atoms with Crippen LogP contribution in [0.3, 0.4) is 0 Å². The molecule has 154 valence electrons. The van der Waals surface area contributed by atoms with E-state index in [1.165, 1.54) is 11.4 Å². The number of pyridine rings is 1. The monoisotopic (exact) mass is 583 g/mol. The van der Waals surface area contributed by atoms with Crippen LogP contribution in [0.5, 0.6) is 5.75 Å². The van der Waals surface area contributed by atoms with E-state index >= 15 is 0 Å². The molecule has 4 nitrogen and oxygen atoms in total. The number of fused-ring (bicyclic) bond motifs is 4. The first-order valence-electron chi connectivity index (χ1n) is 9.82. The fourth-order valence-corrected chi connectivity index (χ4v) is 3.65. The van der Waals surface area contributed by atoms with Crippen LogP contribution in [-0.2, 0) is 26.7 Å². The number of nitrogens with zero attached hydrogens (tertiary/aromatic N) is 3. The summed E-state index contributed by atoms with van der Waals surface area (Å²) in [6.45, 7) is 2.70. The Morgan fingerprint density at radius 3 is 2.55 bits per heavy atom. The molecule has 0 amide bonds. The topological polar surface area (TPSA) is 28.6 Å². The van der Waals surface area contributed by atoms with E-state index in [0.29, 0.717) is 6.61 Å². The summed E-state index contributed by atoms with van der Waals surface area (Å²) in [6.07, 6.45) is 1.78. The third-order valence-corrected chi connectivity index (χ3v) is 5.10. The van der Waals surface area contributed by atoms with E-state index in [1.54, 1.807) is 6.20 Å². The standard InChI is InChI=1S/C14H12N2.C12H8NO.Ir/c1-15-11-16(12-7-3-2-4-8-12)14-10-6-5-9-13(14)15;1-2-5-10-9(4-1)8-14-11-6-3-7-13-12(10)11;/h2-7,9-11H,1H3;1-4,6-7H,8H2;/q-2;-1;+3. The van der Waals surface area contributed by atoms with Crippen LogP contribution in [0.25, 0.3) is 11.3 Å². The quantitative estimate of drug-likeness (QED) is 0.272. The van der Waals surface area contributed by atoms with Gasteiger partial charge in [-0.05, 0) is 31.3 Å². The van der Waals surface area contributed by atoms with Gasteiger partial charge in [0.2, 0.25) is 0 Å². The maximum absolute atomic E-state index is 5.57. The molecule has 2 aliphatic heterocycles. The summed E-state index contributed by atoms with van der Waals surface area (Å²) in [6, 6.07) is 32.5. The largest absolute Gasteiger partial charge is 3.00 e. The van der Waals surface area contributed by atoms with Gasteiger partial charge in [0, 0.05) is 23.3 Å². The summed E-state index contributed by atoms with van der Waals surface area (Å²) in [7, 11) is 2.06. The molecule has 1 aromatic heterocycles. The Morgan fingerprint density at radius 1 is 0.903 bits per heavy atom. The molecule has 0 bridgehead atoms. The van der Waals surface area contributed by atoms with Crippen molar-refractivity contribution in [2.75, 3.05) is 16.8 Å². The van der Waals surface area contributed by atoms with Crippen LogP contribution in [-0.4, -0.2) is 12.0 Å². The van der Waals surface area contributed by atoms with Crippen LogP contribution in [0.15, 0.2) is 85.1 Å². The van der Waals surface area contributed by atoms with E-state index in [4.69, 9.17) is 4.74 Å². The van der Waals surface area contributed by atoms with Gasteiger partial charge < -0.3 is 19.5 Å². The molecule has 6 rings (SSSR count). The maximum atomic E-state index is 5.57. The molecule has 0 spiro atoms. The van der Waals surface area contributed by atoms with Gasteiger partial charge in [-0.15, -0.1) is 35.5 Å². The normalized spacial score (nSPS) is 12.9. The number of hydrogen-bond acceptors (Lipinski definition) is 4. The van der Waals surface area contributed by atoms with Crippen LogP contribution in [0.4, 0.5) is 17.1 Å². The smallest absolute Gasteiger partial charge is 0.506 e. The maximum Gasteiger partial charge on any atom is 3.00 e. The summed E-state index contributed by atoms with van der Waals surface area (Å²) >= 11 is 0. The van der Waals surface area contributed by atoms with Crippen LogP contribution >= 0.6 is 0 Å². The first-order valence-corrected chi connectivity index (χ1v) is 9.82. The Balaban J connectivity index is 0.000000146. The minimum absolute atomic E-state index is 0. The van der Waals surface area contributed by atoms with Crippen molar-refractivity contribution in [3.8, 4) is 17.0 Å². The Hall–Kier alpha value is -3.14. The number of rotatable bonds is 1. The van der Waals surface area contributed by atoms with E-state index < -0.39 is 0 Å². The van der Waals surface area contributed by atoms with Crippen LogP contribution in [0, 0.1) is 18.8 Å². The van der Waals surface area contributed by atoms with Gasteiger partial charge in [-0.3, -0.25) is 0 Å². The molecule has 0 saturated carbocycles. The van der Waals surface area contributed by atoms with E-state index in [-0.39, 0.29) is 20.1 Å². The van der Waals surface area contributed by atoms with Crippen molar-refractivity contribution >= 4 is 17.1 Å². The molecule has 0 N–H and O–H groups in total. The zero-order valence-electron chi connectivity index (χ0n) is 17.0. The zero-order chi connectivity index (χ0) is 20.3. The number of para-hydroxylation sites is 3. The van der Waals surface area contributed by atoms with E-state index in [1.807, 2.05) is 48.5 Å². The van der Waals surface area contributed by atoms with Gasteiger partial charge >= 0.3 is 20.1 Å². The Bertz CT molecular complexity index is 1120. The number of aromatic nitrogens is 1. The summed E-state index contributed by atoms with van der Waals surface area (Å²) in [5, 5.41) is 0. The average Bonchev–Trinajstić information content (AvgIpc) is 3.17. The van der Waals surface area contributed by atoms with E-state index in [9.17, 15) is 0 Å². The Labute approximate surface area is 196 Å². The zero-order valence-corrected chi connectivity index (χ0v) is 19.3. The van der Waals surface area contributed by atoms with E-state index in [0.717, 1.165) is 28.3 Å². The fourth-order valence-electron chi connectivity index (χ4n) is 3.65. The first kappa shape index (κ1) is 21.1. The number of benzene rings is 3.